The maximum atomic E-state index is 13.2. The summed E-state index contributed by atoms with van der Waals surface area (Å²) in [5.74, 6) is -3.93. The second-order valence-electron chi connectivity index (χ2n) is 8.36. The molecule has 0 radical (unpaired) electrons. The molecule has 4 atom stereocenters. The van der Waals surface area contributed by atoms with E-state index in [-0.39, 0.29) is 24.0 Å². The van der Waals surface area contributed by atoms with Crippen molar-refractivity contribution in [3.8, 4) is 5.75 Å². The Kier molecular flexibility index (Phi) is 5.48. The number of likely N-dealkylation sites (tertiary alicyclic amines) is 1. The summed E-state index contributed by atoms with van der Waals surface area (Å²) < 4.78 is 0. The summed E-state index contributed by atoms with van der Waals surface area (Å²) in [6.07, 6.45) is 1.70. The van der Waals surface area contributed by atoms with E-state index in [1.807, 2.05) is 20.8 Å². The van der Waals surface area contributed by atoms with Gasteiger partial charge in [0.2, 0.25) is 11.8 Å². The van der Waals surface area contributed by atoms with Crippen LogP contribution in [0.15, 0.2) is 24.3 Å². The molecule has 0 unspecified atom stereocenters. The van der Waals surface area contributed by atoms with E-state index in [1.165, 1.54) is 11.0 Å². The van der Waals surface area contributed by atoms with Crippen LogP contribution in [0.4, 0.5) is 0 Å². The van der Waals surface area contributed by atoms with E-state index in [4.69, 9.17) is 0 Å². The van der Waals surface area contributed by atoms with E-state index in [0.717, 1.165) is 6.42 Å². The number of hydrogen-bond acceptors (Lipinski definition) is 5. The van der Waals surface area contributed by atoms with Crippen LogP contribution in [0, 0.1) is 17.8 Å². The number of unbranched alkanes of at least 4 members (excludes halogenated alkanes) is 1. The summed E-state index contributed by atoms with van der Waals surface area (Å²) in [4.78, 5) is 40.0. The first-order valence-electron chi connectivity index (χ1n) is 9.95. The van der Waals surface area contributed by atoms with Crippen molar-refractivity contribution in [2.75, 3.05) is 6.54 Å². The molecule has 0 aliphatic carbocycles. The van der Waals surface area contributed by atoms with Crippen molar-refractivity contribution < 1.29 is 29.9 Å². The summed E-state index contributed by atoms with van der Waals surface area (Å²) in [6.45, 7) is 6.03. The Morgan fingerprint density at radius 1 is 1.29 bits per heavy atom. The van der Waals surface area contributed by atoms with E-state index in [1.54, 1.807) is 23.5 Å². The standard InChI is InChI=1S/C21H28N2O5/c1-4-5-10-23-18(25)15-16(19(23)26)21(20(27)28,11-12(2)3)22-17(15)13-8-6-7-9-14(13)24/h6-9,12,15-17,22,24H,4-5,10-11H2,1-3H3,(H,27,28)/t15-,16+,17-,21-/m1/s1. The van der Waals surface area contributed by atoms with Crippen LogP contribution in [0.2, 0.25) is 0 Å². The first kappa shape index (κ1) is 20.3. The molecule has 0 aromatic heterocycles. The molecule has 3 N–H and O–H groups in total. The van der Waals surface area contributed by atoms with Gasteiger partial charge < -0.3 is 20.3 Å². The number of amides is 2. The van der Waals surface area contributed by atoms with Crippen molar-refractivity contribution in [2.24, 2.45) is 17.8 Å². The molecule has 152 valence electrons. The van der Waals surface area contributed by atoms with Crippen molar-refractivity contribution in [1.29, 1.82) is 0 Å². The van der Waals surface area contributed by atoms with Gasteiger partial charge in [0.25, 0.3) is 0 Å². The first-order chi connectivity index (χ1) is 13.2. The third-order valence-electron chi connectivity index (χ3n) is 6.02. The number of carboxylic acid groups (broad SMARTS) is 1. The minimum absolute atomic E-state index is 0.00606. The zero-order chi connectivity index (χ0) is 20.6. The van der Waals surface area contributed by atoms with E-state index in [9.17, 15) is 24.6 Å². The number of quaternary nitrogens is 1. The van der Waals surface area contributed by atoms with Gasteiger partial charge in [-0.1, -0.05) is 39.3 Å². The number of carbonyl (C=O) groups excluding carboxylic acids is 3. The van der Waals surface area contributed by atoms with E-state index >= 15 is 0 Å². The number of aliphatic carboxylic acids is 1. The summed E-state index contributed by atoms with van der Waals surface area (Å²) >= 11 is 0. The molecular weight excluding hydrogens is 360 g/mol. The molecule has 28 heavy (non-hydrogen) atoms. The maximum Gasteiger partial charge on any atom is 0.240 e. The quantitative estimate of drug-likeness (QED) is 0.636. The summed E-state index contributed by atoms with van der Waals surface area (Å²) in [5.41, 5.74) is -1.05. The minimum atomic E-state index is -1.53. The zero-order valence-electron chi connectivity index (χ0n) is 16.6. The summed E-state index contributed by atoms with van der Waals surface area (Å²) in [7, 11) is 0. The third kappa shape index (κ3) is 3.07. The Morgan fingerprint density at radius 3 is 2.54 bits per heavy atom. The second kappa shape index (κ2) is 7.54. The Bertz CT molecular complexity index is 793. The number of hydrogen-bond donors (Lipinski definition) is 2. The fourth-order valence-electron chi connectivity index (χ4n) is 4.92. The van der Waals surface area contributed by atoms with Gasteiger partial charge in [-0.15, -0.1) is 0 Å². The van der Waals surface area contributed by atoms with Gasteiger partial charge in [-0.2, -0.15) is 0 Å². The predicted octanol–water partition coefficient (Wildman–Crippen LogP) is -0.0536. The highest BCUT2D eigenvalue weighted by molar-refractivity contribution is 6.08. The lowest BCUT2D eigenvalue weighted by Gasteiger charge is -2.34. The average Bonchev–Trinajstić information content (AvgIpc) is 3.09. The SMILES string of the molecule is CCCCN1C(=O)[C@H]2[C@@H](c3ccccc3O)[NH2+][C@@](CC(C)C)(C(=O)[O-])[C@@H]2C1=O. The number of aromatic hydroxyl groups is 1. The number of nitrogens with two attached hydrogens (primary N) is 1. The van der Waals surface area contributed by atoms with E-state index in [2.05, 4.69) is 0 Å². The molecule has 1 aromatic rings. The molecule has 2 aliphatic heterocycles. The van der Waals surface area contributed by atoms with Crippen LogP contribution >= 0.6 is 0 Å². The molecule has 7 nitrogen and oxygen atoms in total. The van der Waals surface area contributed by atoms with Crippen molar-refractivity contribution in [1.82, 2.24) is 4.90 Å². The molecule has 2 heterocycles. The van der Waals surface area contributed by atoms with Crippen molar-refractivity contribution in [3.63, 3.8) is 0 Å². The molecule has 0 saturated carbocycles. The Balaban J connectivity index is 2.12. The second-order valence-corrected chi connectivity index (χ2v) is 8.36. The van der Waals surface area contributed by atoms with Crippen molar-refractivity contribution in [3.05, 3.63) is 29.8 Å². The summed E-state index contributed by atoms with van der Waals surface area (Å²) in [6, 6.07) is 5.94. The number of imide groups is 1. The first-order valence-corrected chi connectivity index (χ1v) is 9.95. The monoisotopic (exact) mass is 388 g/mol. The predicted molar refractivity (Wildman–Crippen MR) is 98.6 cm³/mol. The van der Waals surface area contributed by atoms with Gasteiger partial charge in [-0.05, 0) is 24.5 Å². The molecule has 0 bridgehead atoms. The van der Waals surface area contributed by atoms with Crippen LogP contribution in [0.1, 0.15) is 51.6 Å². The largest absolute Gasteiger partial charge is 0.544 e. The van der Waals surface area contributed by atoms with Gasteiger partial charge >= 0.3 is 0 Å². The number of nitrogens with zero attached hydrogens (tertiary/aromatic N) is 1. The third-order valence-corrected chi connectivity index (χ3v) is 6.02. The number of rotatable bonds is 7. The molecule has 2 saturated heterocycles. The maximum absolute atomic E-state index is 13.2. The number of phenols is 1. The topological polar surface area (TPSA) is 114 Å². The molecule has 7 heteroatoms. The Morgan fingerprint density at radius 2 is 1.96 bits per heavy atom. The number of benzene rings is 1. The van der Waals surface area contributed by atoms with Gasteiger partial charge in [0.05, 0.1) is 5.56 Å². The molecular formula is C21H28N2O5. The number of fused-ring (bicyclic) bond motifs is 1. The van der Waals surface area contributed by atoms with Crippen LogP contribution in [0.3, 0.4) is 0 Å². The highest BCUT2D eigenvalue weighted by atomic mass is 16.4. The van der Waals surface area contributed by atoms with Crippen LogP contribution in [0.25, 0.3) is 0 Å². The summed E-state index contributed by atoms with van der Waals surface area (Å²) in [5, 5.41) is 24.3. The van der Waals surface area contributed by atoms with Crippen molar-refractivity contribution >= 4 is 17.8 Å². The molecule has 1 aromatic carbocycles. The van der Waals surface area contributed by atoms with Gasteiger partial charge in [-0.3, -0.25) is 14.5 Å². The molecule has 2 amide bonds. The molecule has 3 rings (SSSR count). The van der Waals surface area contributed by atoms with Crippen molar-refractivity contribution in [2.45, 2.75) is 51.6 Å². The molecule has 0 spiro atoms. The fraction of sp³-hybridized carbons (Fsp3) is 0.571. The number of carboxylic acids is 1. The average molecular weight is 388 g/mol. The van der Waals surface area contributed by atoms with Gasteiger partial charge in [-0.25, -0.2) is 0 Å². The van der Waals surface area contributed by atoms with Crippen LogP contribution in [-0.2, 0) is 14.4 Å². The fourth-order valence-corrected chi connectivity index (χ4v) is 4.92. The van der Waals surface area contributed by atoms with Crippen LogP contribution in [0.5, 0.6) is 5.75 Å². The molecule has 2 aliphatic rings. The number of carbonyl (C=O) groups is 3. The van der Waals surface area contributed by atoms with Gasteiger partial charge in [0.15, 0.2) is 0 Å². The van der Waals surface area contributed by atoms with Crippen LogP contribution in [-0.4, -0.2) is 39.9 Å². The number of para-hydroxylation sites is 1. The van der Waals surface area contributed by atoms with E-state index in [0.29, 0.717) is 18.5 Å². The lowest BCUT2D eigenvalue weighted by Crippen LogP contribution is -2.99. The molecule has 2 fully saturated rings. The lowest BCUT2D eigenvalue weighted by atomic mass is 9.75. The minimum Gasteiger partial charge on any atom is -0.544 e. The highest BCUT2D eigenvalue weighted by Gasteiger charge is 2.69. The Hall–Kier alpha value is -2.41. The Labute approximate surface area is 164 Å². The van der Waals surface area contributed by atoms with Crippen LogP contribution < -0.4 is 10.4 Å². The zero-order valence-corrected chi connectivity index (χ0v) is 16.6. The number of phenolic OH excluding ortho intramolecular Hbond substituents is 1. The van der Waals surface area contributed by atoms with Gasteiger partial charge in [0, 0.05) is 13.0 Å². The lowest BCUT2D eigenvalue weighted by molar-refractivity contribution is -0.740. The highest BCUT2D eigenvalue weighted by Crippen LogP contribution is 2.47. The van der Waals surface area contributed by atoms with Gasteiger partial charge in [0.1, 0.15) is 35.1 Å². The van der Waals surface area contributed by atoms with E-state index < -0.39 is 35.3 Å². The smallest absolute Gasteiger partial charge is 0.240 e. The normalized spacial score (nSPS) is 29.6.